The first-order valence-corrected chi connectivity index (χ1v) is 6.94. The molecule has 0 aliphatic carbocycles. The lowest BCUT2D eigenvalue weighted by atomic mass is 10.1. The summed E-state index contributed by atoms with van der Waals surface area (Å²) in [4.78, 5) is 4.43. The number of aryl methyl sites for hydroxylation is 3. The van der Waals surface area contributed by atoms with Crippen LogP contribution in [0.2, 0.25) is 5.02 Å². The molecule has 0 aliphatic heterocycles. The van der Waals surface area contributed by atoms with Crippen molar-refractivity contribution >= 4 is 11.6 Å². The van der Waals surface area contributed by atoms with E-state index in [2.05, 4.69) is 10.3 Å². The van der Waals surface area contributed by atoms with E-state index in [1.807, 2.05) is 52.1 Å². The Morgan fingerprint density at radius 1 is 1.10 bits per heavy atom. The maximum Gasteiger partial charge on any atom is 0.219 e. The van der Waals surface area contributed by atoms with Gasteiger partial charge in [-0.1, -0.05) is 11.6 Å². The van der Waals surface area contributed by atoms with Crippen molar-refractivity contribution in [1.82, 2.24) is 10.3 Å². The molecule has 1 N–H and O–H groups in total. The predicted molar refractivity (Wildman–Crippen MR) is 82.7 cm³/mol. The number of nitrogens with zero attached hydrogens (tertiary/aromatic N) is 1. The molecule has 4 heteroatoms. The van der Waals surface area contributed by atoms with Crippen LogP contribution in [0.5, 0.6) is 11.6 Å². The minimum absolute atomic E-state index is 0.615. The Balaban J connectivity index is 2.35. The third-order valence-corrected chi connectivity index (χ3v) is 3.22. The average molecular weight is 291 g/mol. The van der Waals surface area contributed by atoms with Crippen molar-refractivity contribution in [2.24, 2.45) is 0 Å². The zero-order valence-corrected chi connectivity index (χ0v) is 13.0. The largest absolute Gasteiger partial charge is 0.438 e. The summed E-state index contributed by atoms with van der Waals surface area (Å²) in [5.74, 6) is 1.44. The van der Waals surface area contributed by atoms with Gasteiger partial charge in [0.2, 0.25) is 5.88 Å². The smallest absolute Gasteiger partial charge is 0.219 e. The maximum atomic E-state index is 6.04. The number of benzene rings is 1. The van der Waals surface area contributed by atoms with Gasteiger partial charge in [-0.2, -0.15) is 0 Å². The highest BCUT2D eigenvalue weighted by molar-refractivity contribution is 6.30. The highest BCUT2D eigenvalue weighted by atomic mass is 35.5. The van der Waals surface area contributed by atoms with E-state index in [1.165, 1.54) is 0 Å². The third kappa shape index (κ3) is 3.50. The quantitative estimate of drug-likeness (QED) is 0.917. The van der Waals surface area contributed by atoms with Crippen LogP contribution in [-0.2, 0) is 6.54 Å². The molecule has 0 amide bonds. The van der Waals surface area contributed by atoms with Crippen LogP contribution in [0.25, 0.3) is 0 Å². The molecule has 0 bridgehead atoms. The normalized spacial score (nSPS) is 10.7. The lowest BCUT2D eigenvalue weighted by Gasteiger charge is -2.13. The van der Waals surface area contributed by atoms with Crippen LogP contribution in [-0.4, -0.2) is 12.0 Å². The van der Waals surface area contributed by atoms with E-state index in [9.17, 15) is 0 Å². The average Bonchev–Trinajstić information content (AvgIpc) is 2.33. The predicted octanol–water partition coefficient (Wildman–Crippen LogP) is 4.17. The summed E-state index contributed by atoms with van der Waals surface area (Å²) in [6.07, 6.45) is 0. The topological polar surface area (TPSA) is 34.2 Å². The number of ether oxygens (including phenoxy) is 1. The highest BCUT2D eigenvalue weighted by Gasteiger charge is 2.09. The molecular formula is C16H19ClN2O. The zero-order valence-electron chi connectivity index (χ0n) is 12.2. The Hall–Kier alpha value is -1.58. The molecule has 0 saturated carbocycles. The van der Waals surface area contributed by atoms with E-state index in [4.69, 9.17) is 16.3 Å². The zero-order chi connectivity index (χ0) is 14.7. The molecule has 20 heavy (non-hydrogen) atoms. The van der Waals surface area contributed by atoms with E-state index in [0.29, 0.717) is 5.88 Å². The molecule has 0 saturated heterocycles. The van der Waals surface area contributed by atoms with Crippen LogP contribution in [0.1, 0.15) is 22.4 Å². The van der Waals surface area contributed by atoms with Crippen LogP contribution >= 0.6 is 11.6 Å². The molecule has 106 valence electrons. The number of hydrogen-bond donors (Lipinski definition) is 1. The number of aromatic nitrogens is 1. The van der Waals surface area contributed by atoms with E-state index in [-0.39, 0.29) is 0 Å². The van der Waals surface area contributed by atoms with Crippen molar-refractivity contribution in [2.45, 2.75) is 27.3 Å². The number of pyridine rings is 1. The fourth-order valence-electron chi connectivity index (χ4n) is 2.23. The van der Waals surface area contributed by atoms with E-state index in [0.717, 1.165) is 39.7 Å². The van der Waals surface area contributed by atoms with Crippen molar-refractivity contribution in [1.29, 1.82) is 0 Å². The minimum atomic E-state index is 0.615. The van der Waals surface area contributed by atoms with Crippen LogP contribution < -0.4 is 10.1 Å². The standard InChI is InChI=1S/C16H19ClN2O/c1-10-5-14(17)6-11(2)16(10)20-15-8-13(9-18-4)7-12(3)19-15/h5-8,18H,9H2,1-4H3. The summed E-state index contributed by atoms with van der Waals surface area (Å²) in [5.41, 5.74) is 4.11. The molecule has 2 rings (SSSR count). The molecular weight excluding hydrogens is 272 g/mol. The first-order valence-electron chi connectivity index (χ1n) is 6.56. The van der Waals surface area contributed by atoms with Gasteiger partial charge in [-0.05, 0) is 62.7 Å². The summed E-state index contributed by atoms with van der Waals surface area (Å²) >= 11 is 6.04. The van der Waals surface area contributed by atoms with Crippen LogP contribution in [0.15, 0.2) is 24.3 Å². The molecule has 0 spiro atoms. The molecule has 0 radical (unpaired) electrons. The van der Waals surface area contributed by atoms with Gasteiger partial charge in [-0.25, -0.2) is 4.98 Å². The Kier molecular flexibility index (Phi) is 4.63. The molecule has 0 atom stereocenters. The first kappa shape index (κ1) is 14.8. The summed E-state index contributed by atoms with van der Waals surface area (Å²) in [6, 6.07) is 7.80. The molecule has 1 heterocycles. The lowest BCUT2D eigenvalue weighted by Crippen LogP contribution is -2.06. The second-order valence-corrected chi connectivity index (χ2v) is 5.39. The number of halogens is 1. The monoisotopic (exact) mass is 290 g/mol. The molecule has 1 aromatic carbocycles. The Morgan fingerprint density at radius 3 is 2.35 bits per heavy atom. The Morgan fingerprint density at radius 2 is 1.75 bits per heavy atom. The molecule has 3 nitrogen and oxygen atoms in total. The Labute approximate surface area is 124 Å². The highest BCUT2D eigenvalue weighted by Crippen LogP contribution is 2.31. The van der Waals surface area contributed by atoms with E-state index < -0.39 is 0 Å². The van der Waals surface area contributed by atoms with Crippen molar-refractivity contribution in [2.75, 3.05) is 7.05 Å². The summed E-state index contributed by atoms with van der Waals surface area (Å²) in [5, 5.41) is 3.85. The maximum absolute atomic E-state index is 6.04. The number of hydrogen-bond acceptors (Lipinski definition) is 3. The van der Waals surface area contributed by atoms with Gasteiger partial charge >= 0.3 is 0 Å². The molecule has 0 unspecified atom stereocenters. The summed E-state index contributed by atoms with van der Waals surface area (Å²) < 4.78 is 5.97. The van der Waals surface area contributed by atoms with E-state index in [1.54, 1.807) is 0 Å². The van der Waals surface area contributed by atoms with Crippen LogP contribution in [0.3, 0.4) is 0 Å². The van der Waals surface area contributed by atoms with Gasteiger partial charge < -0.3 is 10.1 Å². The SMILES string of the molecule is CNCc1cc(C)nc(Oc2c(C)cc(Cl)cc2C)c1. The van der Waals surface area contributed by atoms with Gasteiger partial charge in [0.1, 0.15) is 5.75 Å². The van der Waals surface area contributed by atoms with Crippen molar-refractivity contribution in [3.05, 3.63) is 51.7 Å². The van der Waals surface area contributed by atoms with Crippen molar-refractivity contribution in [3.63, 3.8) is 0 Å². The molecule has 2 aromatic rings. The minimum Gasteiger partial charge on any atom is -0.438 e. The number of rotatable bonds is 4. The Bertz CT molecular complexity index is 603. The van der Waals surface area contributed by atoms with Gasteiger partial charge in [-0.3, -0.25) is 0 Å². The molecule has 0 aliphatic rings. The van der Waals surface area contributed by atoms with Crippen molar-refractivity contribution < 1.29 is 4.74 Å². The molecule has 0 fully saturated rings. The lowest BCUT2D eigenvalue weighted by molar-refractivity contribution is 0.453. The van der Waals surface area contributed by atoms with Crippen LogP contribution in [0, 0.1) is 20.8 Å². The second-order valence-electron chi connectivity index (χ2n) is 4.96. The van der Waals surface area contributed by atoms with Crippen LogP contribution in [0.4, 0.5) is 0 Å². The fraction of sp³-hybridized carbons (Fsp3) is 0.312. The van der Waals surface area contributed by atoms with Gasteiger partial charge in [0.15, 0.2) is 0 Å². The first-order chi connectivity index (χ1) is 9.49. The van der Waals surface area contributed by atoms with Gasteiger partial charge in [0.25, 0.3) is 0 Å². The third-order valence-electron chi connectivity index (χ3n) is 3.00. The van der Waals surface area contributed by atoms with Gasteiger partial charge in [-0.15, -0.1) is 0 Å². The summed E-state index contributed by atoms with van der Waals surface area (Å²) in [7, 11) is 1.92. The van der Waals surface area contributed by atoms with E-state index >= 15 is 0 Å². The van der Waals surface area contributed by atoms with Gasteiger partial charge in [0, 0.05) is 23.3 Å². The van der Waals surface area contributed by atoms with Crippen molar-refractivity contribution in [3.8, 4) is 11.6 Å². The molecule has 1 aromatic heterocycles. The van der Waals surface area contributed by atoms with Gasteiger partial charge in [0.05, 0.1) is 0 Å². The number of nitrogens with one attached hydrogen (secondary N) is 1. The fourth-order valence-corrected chi connectivity index (χ4v) is 2.56. The summed E-state index contributed by atoms with van der Waals surface area (Å²) in [6.45, 7) is 6.73. The second kappa shape index (κ2) is 6.25.